The Bertz CT molecular complexity index is 1700. The Morgan fingerprint density at radius 1 is 1.23 bits per heavy atom. The zero-order valence-corrected chi connectivity index (χ0v) is 17.3. The second-order valence-electron chi connectivity index (χ2n) is 6.72. The maximum Gasteiger partial charge on any atom is 0.238 e. The van der Waals surface area contributed by atoms with E-state index in [1.807, 2.05) is 0 Å². The smallest absolute Gasteiger partial charge is 0.238 e. The van der Waals surface area contributed by atoms with Gasteiger partial charge in [-0.25, -0.2) is 18.5 Å². The monoisotopic (exact) mass is 445 g/mol. The van der Waals surface area contributed by atoms with E-state index in [2.05, 4.69) is 20.4 Å². The summed E-state index contributed by atoms with van der Waals surface area (Å²) in [5, 5.41) is 12.7. The molecule has 0 aliphatic carbocycles. The van der Waals surface area contributed by atoms with Crippen molar-refractivity contribution in [1.82, 2.24) is 19.7 Å². The molecule has 31 heavy (non-hydrogen) atoms. The van der Waals surface area contributed by atoms with Crippen LogP contribution in [0.1, 0.15) is 22.2 Å². The molecule has 2 aromatic heterocycles. The Morgan fingerprint density at radius 3 is 2.81 bits per heavy atom. The molecule has 0 atom stereocenters. The maximum absolute atomic E-state index is 12.0. The summed E-state index contributed by atoms with van der Waals surface area (Å²) in [6, 6.07) is 7.97. The van der Waals surface area contributed by atoms with E-state index in [0.29, 0.717) is 16.6 Å². The lowest BCUT2D eigenvalue weighted by molar-refractivity contribution is 0.597. The van der Waals surface area contributed by atoms with Gasteiger partial charge in [-0.3, -0.25) is 4.68 Å². The largest absolute Gasteiger partial charge is 0.329 e. The summed E-state index contributed by atoms with van der Waals surface area (Å²) < 4.78 is 87.8. The van der Waals surface area contributed by atoms with Crippen LogP contribution in [0.15, 0.2) is 53.5 Å². The number of nitrogens with two attached hydrogens (primary N) is 1. The number of aryl methyl sites for hydroxylation is 3. The van der Waals surface area contributed by atoms with Crippen molar-refractivity contribution < 1.29 is 19.4 Å². The highest BCUT2D eigenvalue weighted by molar-refractivity contribution is 7.89. The third-order valence-corrected chi connectivity index (χ3v) is 5.56. The maximum atomic E-state index is 12.0. The molecule has 0 aliphatic heterocycles. The lowest BCUT2D eigenvalue weighted by atomic mass is 10.2. The van der Waals surface area contributed by atoms with Gasteiger partial charge in [-0.05, 0) is 55.6 Å². The quantitative estimate of drug-likeness (QED) is 0.484. The number of sulfonamides is 1. The highest BCUT2D eigenvalue weighted by Gasteiger charge is 2.14. The van der Waals surface area contributed by atoms with Gasteiger partial charge in [0.1, 0.15) is 5.82 Å². The number of hydrogen-bond acceptors (Lipinski definition) is 7. The topological polar surface area (TPSA) is 119 Å². The molecule has 0 amide bonds. The van der Waals surface area contributed by atoms with Crippen LogP contribution in [0.2, 0.25) is 0 Å². The minimum Gasteiger partial charge on any atom is -0.329 e. The second kappa shape index (κ2) is 7.64. The number of rotatable bonds is 5. The van der Waals surface area contributed by atoms with Crippen molar-refractivity contribution >= 4 is 44.1 Å². The van der Waals surface area contributed by atoms with Gasteiger partial charge in [0, 0.05) is 50.9 Å². The lowest BCUT2D eigenvalue weighted by Gasteiger charge is -2.19. The molecule has 0 fully saturated rings. The molecule has 0 saturated carbocycles. The molecule has 0 radical (unpaired) electrons. The third kappa shape index (κ3) is 4.07. The zero-order chi connectivity index (χ0) is 29.1. The summed E-state index contributed by atoms with van der Waals surface area (Å²) in [4.78, 5) is 9.10. The third-order valence-electron chi connectivity index (χ3n) is 4.61. The Balaban J connectivity index is 1.73. The average molecular weight is 446 g/mol. The van der Waals surface area contributed by atoms with Crippen molar-refractivity contribution in [3.05, 3.63) is 59.9 Å². The van der Waals surface area contributed by atoms with Crippen LogP contribution >= 0.6 is 0 Å². The van der Waals surface area contributed by atoms with Crippen molar-refractivity contribution in [2.24, 2.45) is 12.2 Å². The van der Waals surface area contributed by atoms with Crippen molar-refractivity contribution in [2.75, 3.05) is 17.3 Å². The van der Waals surface area contributed by atoms with Crippen LogP contribution in [-0.2, 0) is 17.1 Å². The van der Waals surface area contributed by atoms with E-state index in [4.69, 9.17) is 16.1 Å². The summed E-state index contributed by atoms with van der Waals surface area (Å²) in [5.74, 6) is -0.155. The molecule has 3 N–H and O–H groups in total. The first-order chi connectivity index (χ1) is 17.9. The number of nitrogens with one attached hydrogen (secondary N) is 1. The SMILES string of the molecule is [2H]c1nc(Nc2ccc(C([2H])([2H])[2H])c(S(N)(=O)=O)c2)nc(N(C)c2ccc3c(C([2H])([2H])[2H])n(C)nc3c2)c1[2H]. The molecular weight excluding hydrogens is 414 g/mol. The van der Waals surface area contributed by atoms with Gasteiger partial charge in [-0.2, -0.15) is 10.1 Å². The number of fused-ring (bicyclic) bond motifs is 1. The zero-order valence-electron chi connectivity index (χ0n) is 24.5. The van der Waals surface area contributed by atoms with Crippen LogP contribution in [0.3, 0.4) is 0 Å². The number of aromatic nitrogens is 4. The standard InChI is InChI=1S/C21H23N7O2S/c1-13-5-6-15(11-19(13)31(22,29)30)24-21-23-10-9-20(25-21)27(3)16-7-8-17-14(2)28(4)26-18(17)12-16/h5-12H,1-4H3,(H2,22,29,30)(H,23,24,25)/i1D3,2D3,9D,10D. The highest BCUT2D eigenvalue weighted by Crippen LogP contribution is 2.28. The minimum absolute atomic E-state index is 0.00890. The summed E-state index contributed by atoms with van der Waals surface area (Å²) in [7, 11) is -1.27. The van der Waals surface area contributed by atoms with Crippen LogP contribution in [0.5, 0.6) is 0 Å². The van der Waals surface area contributed by atoms with Crippen molar-refractivity contribution in [2.45, 2.75) is 18.6 Å². The van der Waals surface area contributed by atoms with Crippen LogP contribution in [0.4, 0.5) is 23.1 Å². The summed E-state index contributed by atoms with van der Waals surface area (Å²) in [6.45, 7) is -5.10. The summed E-state index contributed by atoms with van der Waals surface area (Å²) in [5.41, 5.74) is 0.617. The summed E-state index contributed by atoms with van der Waals surface area (Å²) >= 11 is 0. The normalized spacial score (nSPS) is 16.2. The van der Waals surface area contributed by atoms with E-state index < -0.39 is 40.4 Å². The van der Waals surface area contributed by atoms with Gasteiger partial charge in [-0.15, -0.1) is 0 Å². The van der Waals surface area contributed by atoms with E-state index in [-0.39, 0.29) is 29.2 Å². The number of hydrogen-bond donors (Lipinski definition) is 2. The van der Waals surface area contributed by atoms with Gasteiger partial charge in [0.05, 0.1) is 13.2 Å². The molecule has 4 aromatic rings. The van der Waals surface area contributed by atoms with E-state index in [1.165, 1.54) is 22.7 Å². The van der Waals surface area contributed by atoms with Crippen LogP contribution in [0.25, 0.3) is 10.9 Å². The molecule has 0 aliphatic rings. The van der Waals surface area contributed by atoms with Gasteiger partial charge in [0.25, 0.3) is 0 Å². The molecule has 0 bridgehead atoms. The van der Waals surface area contributed by atoms with Gasteiger partial charge < -0.3 is 10.2 Å². The number of primary sulfonamides is 1. The fourth-order valence-corrected chi connectivity index (χ4v) is 3.65. The Kier molecular flexibility index (Phi) is 3.21. The van der Waals surface area contributed by atoms with E-state index >= 15 is 0 Å². The summed E-state index contributed by atoms with van der Waals surface area (Å²) in [6.07, 6.45) is -0.441. The Labute approximate surface area is 191 Å². The molecule has 0 saturated heterocycles. The van der Waals surface area contributed by atoms with Gasteiger partial charge >= 0.3 is 0 Å². The predicted octanol–water partition coefficient (Wildman–Crippen LogP) is 3.14. The molecule has 0 unspecified atom stereocenters. The molecule has 10 heteroatoms. The Morgan fingerprint density at radius 2 is 2.06 bits per heavy atom. The lowest BCUT2D eigenvalue weighted by Crippen LogP contribution is -2.14. The molecule has 0 spiro atoms. The first-order valence-corrected chi connectivity index (χ1v) is 10.4. The fraction of sp³-hybridized carbons (Fsp3) is 0.190. The molecule has 4 rings (SSSR count). The number of nitrogens with zero attached hydrogens (tertiary/aromatic N) is 5. The van der Waals surface area contributed by atoms with Crippen LogP contribution in [-0.4, -0.2) is 35.2 Å². The van der Waals surface area contributed by atoms with Crippen molar-refractivity contribution in [1.29, 1.82) is 0 Å². The Hall–Kier alpha value is -3.50. The van der Waals surface area contributed by atoms with E-state index in [1.54, 1.807) is 25.2 Å². The average Bonchev–Trinajstić information content (AvgIpc) is 3.14. The molecule has 160 valence electrons. The van der Waals surface area contributed by atoms with Crippen molar-refractivity contribution in [3.8, 4) is 0 Å². The van der Waals surface area contributed by atoms with Crippen LogP contribution < -0.4 is 15.4 Å². The number of benzene rings is 2. The predicted molar refractivity (Wildman–Crippen MR) is 121 cm³/mol. The van der Waals surface area contributed by atoms with Gasteiger partial charge in [0.15, 0.2) is 0 Å². The molecule has 2 heterocycles. The van der Waals surface area contributed by atoms with E-state index in [0.717, 1.165) is 12.1 Å². The van der Waals surface area contributed by atoms with Crippen molar-refractivity contribution in [3.63, 3.8) is 0 Å². The highest BCUT2D eigenvalue weighted by atomic mass is 32.2. The first kappa shape index (κ1) is 13.0. The second-order valence-corrected chi connectivity index (χ2v) is 8.25. The van der Waals surface area contributed by atoms with Crippen LogP contribution in [0, 0.1) is 13.7 Å². The fourth-order valence-electron chi connectivity index (χ4n) is 2.98. The van der Waals surface area contributed by atoms with E-state index in [9.17, 15) is 8.42 Å². The van der Waals surface area contributed by atoms with Gasteiger partial charge in [0.2, 0.25) is 16.0 Å². The molecular formula is C21H23N7O2S. The molecule has 2 aromatic carbocycles. The van der Waals surface area contributed by atoms with Gasteiger partial charge in [-0.1, -0.05) is 6.07 Å². The first-order valence-electron chi connectivity index (χ1n) is 12.9. The molecule has 9 nitrogen and oxygen atoms in total. The minimum atomic E-state index is -4.39. The number of anilines is 4.